The van der Waals surface area contributed by atoms with E-state index in [1.165, 1.54) is 12.1 Å². The molecule has 7 heteroatoms. The van der Waals surface area contributed by atoms with E-state index in [0.717, 1.165) is 76.3 Å². The zero-order chi connectivity index (χ0) is 25.8. The Bertz CT molecular complexity index is 997. The molecule has 0 amide bonds. The molecule has 7 nitrogen and oxygen atoms in total. The largest absolute Gasteiger partial charge is 0.508 e. The van der Waals surface area contributed by atoms with Gasteiger partial charge in [0.15, 0.2) is 0 Å². The van der Waals surface area contributed by atoms with Crippen LogP contribution in [0, 0.1) is 0 Å². The summed E-state index contributed by atoms with van der Waals surface area (Å²) in [4.78, 5) is 24.7. The molecule has 0 saturated heterocycles. The van der Waals surface area contributed by atoms with Gasteiger partial charge in [0, 0.05) is 12.1 Å². The van der Waals surface area contributed by atoms with Crippen LogP contribution in [0.5, 0.6) is 23.0 Å². The maximum absolute atomic E-state index is 13.0. The fourth-order valence-corrected chi connectivity index (χ4v) is 4.26. The van der Waals surface area contributed by atoms with Crippen molar-refractivity contribution in [1.29, 1.82) is 0 Å². The summed E-state index contributed by atoms with van der Waals surface area (Å²) >= 11 is 0. The van der Waals surface area contributed by atoms with Crippen LogP contribution in [0.4, 0.5) is 0 Å². The van der Waals surface area contributed by atoms with E-state index >= 15 is 0 Å². The van der Waals surface area contributed by atoms with E-state index in [1.54, 1.807) is 0 Å². The predicted octanol–water partition coefficient (Wildman–Crippen LogP) is 6.75. The third-order valence-electron chi connectivity index (χ3n) is 6.08. The molecule has 4 N–H and O–H groups in total. The van der Waals surface area contributed by atoms with Gasteiger partial charge < -0.3 is 25.2 Å². The molecule has 0 bridgehead atoms. The number of aromatic hydroxyl groups is 3. The van der Waals surface area contributed by atoms with Crippen molar-refractivity contribution in [3.63, 3.8) is 0 Å². The summed E-state index contributed by atoms with van der Waals surface area (Å²) in [7, 11) is 0. The second-order valence-electron chi connectivity index (χ2n) is 9.00. The van der Waals surface area contributed by atoms with Crippen molar-refractivity contribution >= 4 is 11.9 Å². The van der Waals surface area contributed by atoms with E-state index in [0.29, 0.717) is 24.0 Å². The number of phenols is 3. The Balaban J connectivity index is 2.24. The fourth-order valence-electron chi connectivity index (χ4n) is 4.26. The number of aryl methyl sites for hydroxylation is 2. The molecular weight excluding hydrogens is 448 g/mol. The SMILES string of the molecule is CCCCCCCc1cc(OC(=O)c2c(O)cc(O)cc2CCCCCCC)cc(O)c1C(=O)O. The van der Waals surface area contributed by atoms with E-state index < -0.39 is 17.7 Å². The number of hydrogen-bond acceptors (Lipinski definition) is 6. The minimum atomic E-state index is -1.24. The first kappa shape index (κ1) is 28.0. The number of carbonyl (C=O) groups excluding carboxylic acids is 1. The minimum absolute atomic E-state index is 0.00225. The Kier molecular flexibility index (Phi) is 11.4. The zero-order valence-electron chi connectivity index (χ0n) is 20.8. The molecule has 0 heterocycles. The first-order chi connectivity index (χ1) is 16.8. The average Bonchev–Trinajstić information content (AvgIpc) is 2.77. The first-order valence-corrected chi connectivity index (χ1v) is 12.6. The first-order valence-electron chi connectivity index (χ1n) is 12.6. The highest BCUT2D eigenvalue weighted by molar-refractivity contribution is 5.96. The second kappa shape index (κ2) is 14.2. The van der Waals surface area contributed by atoms with Crippen molar-refractivity contribution in [2.45, 2.75) is 90.9 Å². The molecule has 0 atom stereocenters. The lowest BCUT2D eigenvalue weighted by molar-refractivity contribution is 0.0692. The van der Waals surface area contributed by atoms with Crippen molar-refractivity contribution in [3.8, 4) is 23.0 Å². The molecule has 0 spiro atoms. The number of carbonyl (C=O) groups is 2. The van der Waals surface area contributed by atoms with E-state index in [-0.39, 0.29) is 28.4 Å². The Morgan fingerprint density at radius 1 is 0.686 bits per heavy atom. The number of ether oxygens (including phenoxy) is 1. The molecule has 2 rings (SSSR count). The van der Waals surface area contributed by atoms with Crippen LogP contribution < -0.4 is 4.74 Å². The number of carboxylic acid groups (broad SMARTS) is 1. The van der Waals surface area contributed by atoms with Crippen LogP contribution in [0.25, 0.3) is 0 Å². The third kappa shape index (κ3) is 8.50. The summed E-state index contributed by atoms with van der Waals surface area (Å²) in [5, 5.41) is 40.2. The van der Waals surface area contributed by atoms with Crippen molar-refractivity contribution < 1.29 is 34.8 Å². The minimum Gasteiger partial charge on any atom is -0.508 e. The van der Waals surface area contributed by atoms with Gasteiger partial charge in [0.25, 0.3) is 0 Å². The van der Waals surface area contributed by atoms with Crippen molar-refractivity contribution in [2.75, 3.05) is 0 Å². The average molecular weight is 487 g/mol. The molecule has 0 aliphatic carbocycles. The van der Waals surface area contributed by atoms with Crippen molar-refractivity contribution in [1.82, 2.24) is 0 Å². The van der Waals surface area contributed by atoms with Gasteiger partial charge in [-0.05, 0) is 48.9 Å². The lowest BCUT2D eigenvalue weighted by atomic mass is 9.98. The maximum atomic E-state index is 13.0. The van der Waals surface area contributed by atoms with Gasteiger partial charge in [0.05, 0.1) is 0 Å². The van der Waals surface area contributed by atoms with E-state index in [9.17, 15) is 30.0 Å². The van der Waals surface area contributed by atoms with Gasteiger partial charge in [-0.2, -0.15) is 0 Å². The molecule has 0 radical (unpaired) electrons. The molecule has 0 aromatic heterocycles. The topological polar surface area (TPSA) is 124 Å². The zero-order valence-corrected chi connectivity index (χ0v) is 20.8. The lowest BCUT2D eigenvalue weighted by Crippen LogP contribution is -2.13. The van der Waals surface area contributed by atoms with Gasteiger partial charge in [-0.15, -0.1) is 0 Å². The Labute approximate surface area is 207 Å². The predicted molar refractivity (Wildman–Crippen MR) is 135 cm³/mol. The van der Waals surface area contributed by atoms with Gasteiger partial charge in [-0.3, -0.25) is 0 Å². The number of unbranched alkanes of at least 4 members (excludes halogenated alkanes) is 8. The molecule has 2 aromatic rings. The lowest BCUT2D eigenvalue weighted by Gasteiger charge is -2.14. The highest BCUT2D eigenvalue weighted by atomic mass is 16.5. The molecule has 0 unspecified atom stereocenters. The van der Waals surface area contributed by atoms with Crippen LogP contribution in [0.1, 0.15) is 110 Å². The highest BCUT2D eigenvalue weighted by Crippen LogP contribution is 2.33. The van der Waals surface area contributed by atoms with E-state index in [1.807, 2.05) is 0 Å². The van der Waals surface area contributed by atoms with Crippen LogP contribution >= 0.6 is 0 Å². The standard InChI is InChI=1S/C28H38O7/c1-3-5-7-9-11-13-19-15-21(29)17-23(30)26(19)28(34)35-22-16-20(14-12-10-8-6-4-2)25(27(32)33)24(31)18-22/h15-18,29-31H,3-14H2,1-2H3,(H,32,33). The van der Waals surface area contributed by atoms with Gasteiger partial charge in [0.1, 0.15) is 34.1 Å². The third-order valence-corrected chi connectivity index (χ3v) is 6.08. The monoisotopic (exact) mass is 486 g/mol. The summed E-state index contributed by atoms with van der Waals surface area (Å²) in [6.45, 7) is 4.24. The summed E-state index contributed by atoms with van der Waals surface area (Å²) in [6.07, 6.45) is 10.9. The van der Waals surface area contributed by atoms with Crippen molar-refractivity contribution in [2.24, 2.45) is 0 Å². The number of hydrogen-bond donors (Lipinski definition) is 4. The van der Waals surface area contributed by atoms with Crippen LogP contribution in [-0.4, -0.2) is 32.4 Å². The van der Waals surface area contributed by atoms with Gasteiger partial charge in [-0.25, -0.2) is 9.59 Å². The van der Waals surface area contributed by atoms with Crippen molar-refractivity contribution in [3.05, 3.63) is 46.5 Å². The molecule has 0 aliphatic heterocycles. The highest BCUT2D eigenvalue weighted by Gasteiger charge is 2.23. The fraction of sp³-hybridized carbons (Fsp3) is 0.500. The normalized spacial score (nSPS) is 10.9. The molecule has 0 saturated carbocycles. The van der Waals surface area contributed by atoms with Gasteiger partial charge in [-0.1, -0.05) is 65.2 Å². The number of esters is 1. The molecule has 2 aromatic carbocycles. The van der Waals surface area contributed by atoms with Crippen LogP contribution in [0.3, 0.4) is 0 Å². The van der Waals surface area contributed by atoms with E-state index in [2.05, 4.69) is 13.8 Å². The van der Waals surface area contributed by atoms with Gasteiger partial charge in [0.2, 0.25) is 0 Å². The number of rotatable bonds is 15. The number of benzene rings is 2. The summed E-state index contributed by atoms with van der Waals surface area (Å²) in [6, 6.07) is 5.10. The smallest absolute Gasteiger partial charge is 0.347 e. The molecule has 0 aliphatic rings. The molecular formula is C28H38O7. The van der Waals surface area contributed by atoms with E-state index in [4.69, 9.17) is 4.74 Å². The number of phenolic OH excluding ortho intramolecular Hbond substituents is 2. The summed E-state index contributed by atoms with van der Waals surface area (Å²) in [5.74, 6) is -3.08. The Morgan fingerprint density at radius 3 is 1.74 bits per heavy atom. The van der Waals surface area contributed by atoms with Crippen LogP contribution in [0.2, 0.25) is 0 Å². The quantitative estimate of drug-likeness (QED) is 0.125. The van der Waals surface area contributed by atoms with Gasteiger partial charge >= 0.3 is 11.9 Å². The Morgan fingerprint density at radius 2 is 1.20 bits per heavy atom. The molecule has 192 valence electrons. The Hall–Kier alpha value is -3.22. The number of carboxylic acids is 1. The number of aromatic carboxylic acids is 1. The van der Waals surface area contributed by atoms with Crippen LogP contribution in [0.15, 0.2) is 24.3 Å². The maximum Gasteiger partial charge on any atom is 0.347 e. The van der Waals surface area contributed by atoms with Crippen LogP contribution in [-0.2, 0) is 12.8 Å². The molecule has 35 heavy (non-hydrogen) atoms. The summed E-state index contributed by atoms with van der Waals surface area (Å²) < 4.78 is 5.47. The summed E-state index contributed by atoms with van der Waals surface area (Å²) in [5.41, 5.74) is 0.635. The second-order valence-corrected chi connectivity index (χ2v) is 9.00. The molecule has 0 fully saturated rings.